The van der Waals surface area contributed by atoms with Gasteiger partial charge >= 0.3 is 0 Å². The van der Waals surface area contributed by atoms with E-state index in [-0.39, 0.29) is 0 Å². The molecule has 1 aliphatic heterocycles. The molecule has 3 heteroatoms. The van der Waals surface area contributed by atoms with Gasteiger partial charge in [-0.3, -0.25) is 0 Å². The van der Waals surface area contributed by atoms with E-state index in [9.17, 15) is 0 Å². The lowest BCUT2D eigenvalue weighted by Crippen LogP contribution is -1.96. The largest absolute Gasteiger partial charge is 0.238 e. The minimum atomic E-state index is 0.796. The van der Waals surface area contributed by atoms with Gasteiger partial charge < -0.3 is 0 Å². The van der Waals surface area contributed by atoms with Gasteiger partial charge in [0, 0.05) is 0 Å². The number of hydrogen-bond acceptors (Lipinski definition) is 3. The maximum Gasteiger partial charge on any atom is 0.0885 e. The smallest absolute Gasteiger partial charge is 0.0885 e. The molecule has 5 heavy (non-hydrogen) atoms. The Bertz CT molecular complexity index is 45.6. The van der Waals surface area contributed by atoms with Crippen LogP contribution in [0.4, 0.5) is 0 Å². The normalized spacial score (nSPS) is 20.8. The van der Waals surface area contributed by atoms with Gasteiger partial charge in [0.1, 0.15) is 0 Å². The summed E-state index contributed by atoms with van der Waals surface area (Å²) in [6, 6.07) is 0. The summed E-state index contributed by atoms with van der Waals surface area (Å²) in [6.07, 6.45) is 2.70. The summed E-state index contributed by atoms with van der Waals surface area (Å²) in [5.74, 6) is 0. The molecule has 1 radical (unpaired) electrons. The van der Waals surface area contributed by atoms with Crippen LogP contribution in [0.3, 0.4) is 0 Å². The highest BCUT2D eigenvalue weighted by atomic mass is 32.2. The van der Waals surface area contributed by atoms with E-state index >= 15 is 0 Å². The van der Waals surface area contributed by atoms with E-state index in [1.807, 2.05) is 0 Å². The minimum absolute atomic E-state index is 0.796. The molecule has 0 saturated carbocycles. The highest BCUT2D eigenvalue weighted by molar-refractivity contribution is 7.96. The van der Waals surface area contributed by atoms with Crippen molar-refractivity contribution in [3.05, 3.63) is 0 Å². The van der Waals surface area contributed by atoms with Gasteiger partial charge in [0.2, 0.25) is 0 Å². The third-order valence-electron chi connectivity index (χ3n) is 0.326. The van der Waals surface area contributed by atoms with E-state index in [1.54, 1.807) is 0 Å². The lowest BCUT2D eigenvalue weighted by Gasteiger charge is -1.72. The Morgan fingerprint density at radius 2 is 3.00 bits per heavy atom. The molecule has 27 valence electrons. The first-order valence-electron chi connectivity index (χ1n) is 1.32. The maximum atomic E-state index is 3.64. The number of nitrogens with zero attached hydrogens (tertiary/aromatic N) is 1. The molecule has 1 aliphatic rings. The number of hydrogen-bond donors (Lipinski definition) is 1. The van der Waals surface area contributed by atoms with Gasteiger partial charge in [-0.15, -0.1) is 0 Å². The molecule has 0 amide bonds. The third-order valence-corrected chi connectivity index (χ3v) is 0.820. The van der Waals surface area contributed by atoms with Crippen LogP contribution in [0.2, 0.25) is 0 Å². The second kappa shape index (κ2) is 1.43. The molecule has 0 saturated heterocycles. The molecule has 0 atom stereocenters. The predicted molar refractivity (Wildman–Crippen MR) is 23.0 cm³/mol. The highest BCUT2D eigenvalue weighted by Gasteiger charge is 1.85. The molecule has 0 aromatic heterocycles. The van der Waals surface area contributed by atoms with Crippen molar-refractivity contribution in [1.29, 1.82) is 0 Å². The van der Waals surface area contributed by atoms with Crippen LogP contribution in [0.25, 0.3) is 0 Å². The van der Waals surface area contributed by atoms with Crippen LogP contribution in [0, 0.1) is 0 Å². The van der Waals surface area contributed by atoms with Crippen LogP contribution in [-0.2, 0) is 0 Å². The van der Waals surface area contributed by atoms with Gasteiger partial charge in [-0.1, -0.05) is 0 Å². The van der Waals surface area contributed by atoms with E-state index < -0.39 is 0 Å². The summed E-state index contributed by atoms with van der Waals surface area (Å²) < 4.78 is 6.50. The van der Waals surface area contributed by atoms with Crippen molar-refractivity contribution in [3.63, 3.8) is 0 Å². The topological polar surface area (TPSA) is 24.4 Å². The van der Waals surface area contributed by atoms with Gasteiger partial charge in [-0.2, -0.15) is 0 Å². The molecule has 0 spiro atoms. The van der Waals surface area contributed by atoms with Gasteiger partial charge in [-0.25, -0.2) is 9.12 Å². The molecule has 0 bridgehead atoms. The van der Waals surface area contributed by atoms with E-state index in [0.717, 1.165) is 6.54 Å². The average Bonchev–Trinajstić information content (AvgIpc) is 1.76. The molecule has 1 rings (SSSR count). The molecular formula is C2H3N2S. The first kappa shape index (κ1) is 3.18. The first-order valence-corrected chi connectivity index (χ1v) is 2.09. The Hall–Kier alpha value is -0.0200. The summed E-state index contributed by atoms with van der Waals surface area (Å²) >= 11 is 1.34. The zero-order valence-corrected chi connectivity index (χ0v) is 3.38. The average molecular weight is 87.1 g/mol. The zero-order chi connectivity index (χ0) is 3.54. The highest BCUT2D eigenvalue weighted by Crippen LogP contribution is 1.95. The summed E-state index contributed by atoms with van der Waals surface area (Å²) in [5, 5.41) is 0. The van der Waals surface area contributed by atoms with Crippen LogP contribution in [0.5, 0.6) is 0 Å². The fraction of sp³-hybridized carbons (Fsp3) is 0.500. The quantitative estimate of drug-likeness (QED) is 0.424. The summed E-state index contributed by atoms with van der Waals surface area (Å²) in [6.45, 7) is 0.796. The molecule has 0 aromatic carbocycles. The van der Waals surface area contributed by atoms with Gasteiger partial charge in [0.05, 0.1) is 24.9 Å². The van der Waals surface area contributed by atoms with Crippen LogP contribution in [-0.4, -0.2) is 12.8 Å². The van der Waals surface area contributed by atoms with Crippen molar-refractivity contribution in [1.82, 2.24) is 4.72 Å². The van der Waals surface area contributed by atoms with Gasteiger partial charge in [0.15, 0.2) is 0 Å². The van der Waals surface area contributed by atoms with Crippen LogP contribution < -0.4 is 4.72 Å². The van der Waals surface area contributed by atoms with Crippen LogP contribution in [0.15, 0.2) is 4.40 Å². The third kappa shape index (κ3) is 0.629. The SMILES string of the molecule is [C]1=NSNC1. The standard InChI is InChI=1S/C2H3N2S/c1-2-4-5-3-1/h3H,1H2. The maximum absolute atomic E-state index is 3.64. The van der Waals surface area contributed by atoms with Crippen molar-refractivity contribution in [2.45, 2.75) is 0 Å². The lowest BCUT2D eigenvalue weighted by atomic mass is 10.8. The Morgan fingerprint density at radius 1 is 2.00 bits per heavy atom. The van der Waals surface area contributed by atoms with Crippen LogP contribution in [0.1, 0.15) is 0 Å². The fourth-order valence-corrected chi connectivity index (χ4v) is 0.484. The Balaban J connectivity index is 2.32. The van der Waals surface area contributed by atoms with Crippen molar-refractivity contribution in [2.24, 2.45) is 4.40 Å². The molecule has 0 aliphatic carbocycles. The monoisotopic (exact) mass is 87.0 g/mol. The van der Waals surface area contributed by atoms with Crippen molar-refractivity contribution >= 4 is 18.3 Å². The lowest BCUT2D eigenvalue weighted by molar-refractivity contribution is 1.23. The molecule has 2 nitrogen and oxygen atoms in total. The molecule has 1 N–H and O–H groups in total. The summed E-state index contributed by atoms with van der Waals surface area (Å²) in [4.78, 5) is 0. The number of nitrogens with one attached hydrogen (secondary N) is 1. The van der Waals surface area contributed by atoms with Crippen molar-refractivity contribution in [2.75, 3.05) is 6.54 Å². The van der Waals surface area contributed by atoms with Gasteiger partial charge in [-0.05, 0) is 0 Å². The first-order chi connectivity index (χ1) is 2.50. The summed E-state index contributed by atoms with van der Waals surface area (Å²) in [7, 11) is 0. The molecule has 0 unspecified atom stereocenters. The number of rotatable bonds is 0. The van der Waals surface area contributed by atoms with E-state index in [4.69, 9.17) is 0 Å². The van der Waals surface area contributed by atoms with E-state index in [1.165, 1.54) is 12.1 Å². The zero-order valence-electron chi connectivity index (χ0n) is 2.56. The Labute approximate surface area is 34.9 Å². The van der Waals surface area contributed by atoms with Crippen molar-refractivity contribution in [3.8, 4) is 0 Å². The second-order valence-electron chi connectivity index (χ2n) is 0.662. The predicted octanol–water partition coefficient (Wildman–Crippen LogP) is 0.101. The minimum Gasteiger partial charge on any atom is -0.238 e. The fourth-order valence-electron chi connectivity index (χ4n) is 0.161. The van der Waals surface area contributed by atoms with Crippen molar-refractivity contribution < 1.29 is 0 Å². The molecule has 0 aromatic rings. The van der Waals surface area contributed by atoms with E-state index in [2.05, 4.69) is 15.3 Å². The van der Waals surface area contributed by atoms with Gasteiger partial charge in [0.25, 0.3) is 0 Å². The molecule has 0 fully saturated rings. The Morgan fingerprint density at radius 3 is 3.20 bits per heavy atom. The second-order valence-corrected chi connectivity index (χ2v) is 1.32. The van der Waals surface area contributed by atoms with Crippen LogP contribution >= 0.6 is 12.1 Å². The van der Waals surface area contributed by atoms with E-state index in [0.29, 0.717) is 0 Å². The Kier molecular flexibility index (Phi) is 0.907. The molecular weight excluding hydrogens is 84.1 g/mol. The summed E-state index contributed by atoms with van der Waals surface area (Å²) in [5.41, 5.74) is 0. The molecule has 1 heterocycles.